The van der Waals surface area contributed by atoms with Crippen LogP contribution in [-0.4, -0.2) is 16.4 Å². The maximum absolute atomic E-state index is 11.4. The van der Waals surface area contributed by atoms with Crippen molar-refractivity contribution in [1.29, 1.82) is 0 Å². The zero-order valence-electron chi connectivity index (χ0n) is 10.0. The van der Waals surface area contributed by atoms with Gasteiger partial charge in [0.2, 0.25) is 5.91 Å². The molecule has 2 rings (SSSR count). The zero-order chi connectivity index (χ0) is 11.8. The summed E-state index contributed by atoms with van der Waals surface area (Å²) in [6.45, 7) is 6.38. The minimum Gasteiger partial charge on any atom is -0.350 e. The second-order valence-electron chi connectivity index (χ2n) is 4.88. The Labute approximate surface area is 100 Å². The molecule has 1 amide bonds. The number of rotatable bonds is 3. The molecule has 0 radical (unpaired) electrons. The van der Waals surface area contributed by atoms with Crippen LogP contribution in [0.5, 0.6) is 0 Å². The summed E-state index contributed by atoms with van der Waals surface area (Å²) < 4.78 is 0. The van der Waals surface area contributed by atoms with Crippen LogP contribution in [0.25, 0.3) is 0 Å². The van der Waals surface area contributed by atoms with Gasteiger partial charge in [-0.1, -0.05) is 13.8 Å². The van der Waals surface area contributed by atoms with Crippen molar-refractivity contribution in [3.63, 3.8) is 0 Å². The highest BCUT2D eigenvalue weighted by Gasteiger charge is 2.40. The van der Waals surface area contributed by atoms with Crippen LogP contribution in [0.1, 0.15) is 36.6 Å². The predicted octanol–water partition coefficient (Wildman–Crippen LogP) is 2.30. The summed E-state index contributed by atoms with van der Waals surface area (Å²) in [5.74, 6) is 0.649. The van der Waals surface area contributed by atoms with Gasteiger partial charge in [-0.25, -0.2) is 4.98 Å². The number of aromatic nitrogens is 1. The minimum atomic E-state index is -0.0456. The number of amides is 1. The molecule has 0 spiro atoms. The van der Waals surface area contributed by atoms with E-state index in [2.05, 4.69) is 24.1 Å². The molecule has 0 bridgehead atoms. The van der Waals surface area contributed by atoms with Gasteiger partial charge in [0.1, 0.15) is 0 Å². The quantitative estimate of drug-likeness (QED) is 0.878. The number of nitrogens with one attached hydrogen (secondary N) is 1. The van der Waals surface area contributed by atoms with Gasteiger partial charge in [0.15, 0.2) is 0 Å². The van der Waals surface area contributed by atoms with Crippen LogP contribution >= 0.6 is 11.3 Å². The lowest BCUT2D eigenvalue weighted by molar-refractivity contribution is -0.120. The largest absolute Gasteiger partial charge is 0.350 e. The van der Waals surface area contributed by atoms with Crippen LogP contribution in [0.2, 0.25) is 0 Å². The maximum Gasteiger partial charge on any atom is 0.220 e. The number of thiazole rings is 1. The Morgan fingerprint density at radius 1 is 1.62 bits per heavy atom. The Kier molecular flexibility index (Phi) is 3.02. The maximum atomic E-state index is 11.4. The van der Waals surface area contributed by atoms with Crippen LogP contribution < -0.4 is 5.32 Å². The molecule has 2 heterocycles. The van der Waals surface area contributed by atoms with E-state index in [1.54, 1.807) is 11.3 Å². The summed E-state index contributed by atoms with van der Waals surface area (Å²) in [6, 6.07) is 0. The summed E-state index contributed by atoms with van der Waals surface area (Å²) >= 11 is 1.73. The lowest BCUT2D eigenvalue weighted by atomic mass is 9.82. The molecule has 1 aliphatic rings. The molecule has 1 aromatic heterocycles. The van der Waals surface area contributed by atoms with E-state index >= 15 is 0 Å². The normalized spacial score (nSPS) is 25.1. The van der Waals surface area contributed by atoms with E-state index < -0.39 is 0 Å². The highest BCUT2D eigenvalue weighted by Crippen LogP contribution is 2.33. The Hall–Kier alpha value is -0.900. The molecule has 3 nitrogen and oxygen atoms in total. The Bertz CT molecular complexity index is 399. The molecule has 16 heavy (non-hydrogen) atoms. The average Bonchev–Trinajstić information content (AvgIpc) is 2.75. The van der Waals surface area contributed by atoms with Gasteiger partial charge in [-0.05, 0) is 19.3 Å². The summed E-state index contributed by atoms with van der Waals surface area (Å²) in [6.07, 6.45) is 4.47. The highest BCUT2D eigenvalue weighted by molar-refractivity contribution is 7.11. The van der Waals surface area contributed by atoms with Crippen molar-refractivity contribution in [2.75, 3.05) is 0 Å². The molecule has 0 aromatic carbocycles. The van der Waals surface area contributed by atoms with E-state index in [0.717, 1.165) is 17.8 Å². The monoisotopic (exact) mass is 238 g/mol. The smallest absolute Gasteiger partial charge is 0.220 e. The number of hydrogen-bond acceptors (Lipinski definition) is 3. The summed E-state index contributed by atoms with van der Waals surface area (Å²) in [5.41, 5.74) is -0.0456. The van der Waals surface area contributed by atoms with E-state index in [0.29, 0.717) is 12.3 Å². The van der Waals surface area contributed by atoms with Crippen molar-refractivity contribution < 1.29 is 4.79 Å². The zero-order valence-corrected chi connectivity index (χ0v) is 10.9. The minimum absolute atomic E-state index is 0.0456. The number of carbonyl (C=O) groups excluding carboxylic acids is 1. The molecule has 1 unspecified atom stereocenters. The van der Waals surface area contributed by atoms with Crippen LogP contribution in [0, 0.1) is 12.8 Å². The fraction of sp³-hybridized carbons (Fsp3) is 0.667. The predicted molar refractivity (Wildman–Crippen MR) is 65.5 cm³/mol. The number of nitrogens with zero attached hydrogens (tertiary/aromatic N) is 1. The molecule has 1 aromatic rings. The van der Waals surface area contributed by atoms with Gasteiger partial charge in [-0.15, -0.1) is 11.3 Å². The van der Waals surface area contributed by atoms with Gasteiger partial charge in [0, 0.05) is 29.5 Å². The van der Waals surface area contributed by atoms with E-state index in [4.69, 9.17) is 0 Å². The summed E-state index contributed by atoms with van der Waals surface area (Å²) in [5, 5.41) is 4.26. The Morgan fingerprint density at radius 3 is 2.81 bits per heavy atom. The fourth-order valence-electron chi connectivity index (χ4n) is 2.31. The lowest BCUT2D eigenvalue weighted by Gasteiger charge is -2.33. The van der Waals surface area contributed by atoms with Gasteiger partial charge in [0.25, 0.3) is 0 Å². The van der Waals surface area contributed by atoms with Crippen molar-refractivity contribution in [3.05, 3.63) is 16.1 Å². The first-order valence-corrected chi connectivity index (χ1v) is 6.56. The molecule has 1 N–H and O–H groups in total. The molecule has 1 aliphatic heterocycles. The van der Waals surface area contributed by atoms with Crippen LogP contribution in [-0.2, 0) is 11.2 Å². The molecule has 0 saturated carbocycles. The fourth-order valence-corrected chi connectivity index (χ4v) is 3.23. The van der Waals surface area contributed by atoms with Gasteiger partial charge in [-0.3, -0.25) is 4.79 Å². The van der Waals surface area contributed by atoms with Crippen LogP contribution in [0.4, 0.5) is 0 Å². The first-order valence-electron chi connectivity index (χ1n) is 5.74. The van der Waals surface area contributed by atoms with E-state index in [-0.39, 0.29) is 11.4 Å². The molecule has 1 atom stereocenters. The summed E-state index contributed by atoms with van der Waals surface area (Å²) in [7, 11) is 0. The highest BCUT2D eigenvalue weighted by atomic mass is 32.1. The molecule has 1 fully saturated rings. The summed E-state index contributed by atoms with van der Waals surface area (Å²) in [4.78, 5) is 17.0. The molecule has 4 heteroatoms. The molecule has 0 aliphatic carbocycles. The van der Waals surface area contributed by atoms with Crippen molar-refractivity contribution in [1.82, 2.24) is 10.3 Å². The first kappa shape index (κ1) is 11.6. The van der Waals surface area contributed by atoms with Crippen molar-refractivity contribution >= 4 is 17.2 Å². The standard InChI is InChI=1S/C12H18N2OS/c1-8(2)12(5-4-11(15)14-12)6-10-7-13-9(3)16-10/h7-8H,4-6H2,1-3H3,(H,14,15). The van der Waals surface area contributed by atoms with Crippen molar-refractivity contribution in [2.45, 2.75) is 45.6 Å². The van der Waals surface area contributed by atoms with Crippen LogP contribution in [0.3, 0.4) is 0 Å². The third-order valence-electron chi connectivity index (χ3n) is 3.45. The van der Waals surface area contributed by atoms with Gasteiger partial charge >= 0.3 is 0 Å². The van der Waals surface area contributed by atoms with E-state index in [1.165, 1.54) is 4.88 Å². The van der Waals surface area contributed by atoms with Crippen molar-refractivity contribution in [3.8, 4) is 0 Å². The third-order valence-corrected chi connectivity index (χ3v) is 4.36. The Morgan fingerprint density at radius 2 is 2.38 bits per heavy atom. The molecular formula is C12H18N2OS. The van der Waals surface area contributed by atoms with Gasteiger partial charge in [-0.2, -0.15) is 0 Å². The van der Waals surface area contributed by atoms with Gasteiger partial charge in [0.05, 0.1) is 5.01 Å². The number of aryl methyl sites for hydroxylation is 1. The Balaban J connectivity index is 2.18. The van der Waals surface area contributed by atoms with E-state index in [1.807, 2.05) is 13.1 Å². The average molecular weight is 238 g/mol. The second-order valence-corrected chi connectivity index (χ2v) is 6.20. The lowest BCUT2D eigenvalue weighted by Crippen LogP contribution is -2.47. The SMILES string of the molecule is Cc1ncc(CC2(C(C)C)CCC(=O)N2)s1. The second kappa shape index (κ2) is 4.17. The van der Waals surface area contributed by atoms with E-state index in [9.17, 15) is 4.79 Å². The van der Waals surface area contributed by atoms with Crippen molar-refractivity contribution in [2.24, 2.45) is 5.92 Å². The molecular weight excluding hydrogens is 220 g/mol. The molecule has 1 saturated heterocycles. The molecule has 88 valence electrons. The topological polar surface area (TPSA) is 42.0 Å². The third kappa shape index (κ3) is 2.12. The van der Waals surface area contributed by atoms with Gasteiger partial charge < -0.3 is 5.32 Å². The van der Waals surface area contributed by atoms with Crippen LogP contribution in [0.15, 0.2) is 6.20 Å². The first-order chi connectivity index (χ1) is 7.52. The number of hydrogen-bond donors (Lipinski definition) is 1. The number of carbonyl (C=O) groups is 1.